The van der Waals surface area contributed by atoms with Crippen molar-refractivity contribution >= 4 is 51.0 Å². The maximum atomic E-state index is 14.1. The number of aliphatic hydroxyl groups is 1. The topological polar surface area (TPSA) is 303 Å². The maximum absolute atomic E-state index is 14.1. The zero-order chi connectivity index (χ0) is 97.5. The van der Waals surface area contributed by atoms with E-state index in [0.717, 1.165) is 165 Å². The van der Waals surface area contributed by atoms with Crippen molar-refractivity contribution in [3.05, 3.63) is 294 Å². The number of nitrogens with one attached hydrogen (secondary N) is 3. The summed E-state index contributed by atoms with van der Waals surface area (Å²) in [6.45, 7) is 19.8. The van der Waals surface area contributed by atoms with Gasteiger partial charge in [0.05, 0.1) is 100 Å². The number of methoxy groups -OCH3 is 6. The molecule has 0 aliphatic carbocycles. The minimum absolute atomic E-state index is 0.107. The van der Waals surface area contributed by atoms with Crippen molar-refractivity contribution in [2.45, 2.75) is 31.7 Å². The molecule has 7 fully saturated rings. The molecule has 7 saturated heterocycles. The van der Waals surface area contributed by atoms with Gasteiger partial charge in [0.2, 0.25) is 0 Å². The molecule has 22 rings (SSSR count). The second-order valence-corrected chi connectivity index (χ2v) is 36.1. The van der Waals surface area contributed by atoms with Crippen LogP contribution in [-0.2, 0) is 0 Å². The number of piperidine rings is 1. The number of β-amino-alcohol motifs (C(OH)–C–C–N with tert-alkyl or cyclic N) is 1. The number of rotatable bonds is 18. The number of hydrogen-bond acceptors (Lipinski definition) is 26. The zero-order valence-electron chi connectivity index (χ0n) is 79.1. The van der Waals surface area contributed by atoms with Gasteiger partial charge in [0.15, 0.2) is 57.8 Å². The second kappa shape index (κ2) is 42.4. The van der Waals surface area contributed by atoms with E-state index in [-0.39, 0.29) is 57.4 Å². The summed E-state index contributed by atoms with van der Waals surface area (Å²) in [5.41, 5.74) is 12.9. The van der Waals surface area contributed by atoms with Gasteiger partial charge in [-0.1, -0.05) is 6.07 Å². The van der Waals surface area contributed by atoms with E-state index in [1.807, 2.05) is 104 Å². The van der Waals surface area contributed by atoms with Crippen LogP contribution in [0.15, 0.2) is 237 Å². The van der Waals surface area contributed by atoms with E-state index in [1.165, 1.54) is 83.0 Å². The molecule has 0 unspecified atom stereocenters. The molecule has 10 aromatic heterocycles. The number of pyridine rings is 5. The average Bonchev–Trinajstić information content (AvgIpc) is 1.27. The largest absolute Gasteiger partial charge is 0.494 e. The van der Waals surface area contributed by atoms with Gasteiger partial charge < -0.3 is 78.9 Å². The Balaban J connectivity index is 0.000000116. The number of anilines is 4. The van der Waals surface area contributed by atoms with Gasteiger partial charge in [0.25, 0.3) is 27.8 Å². The highest BCUT2D eigenvalue weighted by atomic mass is 19.1. The maximum Gasteiger partial charge on any atom is 0.258 e. The van der Waals surface area contributed by atoms with Crippen LogP contribution in [0.1, 0.15) is 31.2 Å². The van der Waals surface area contributed by atoms with Crippen molar-refractivity contribution in [1.29, 1.82) is 0 Å². The fraction of sp³-hybridized carbons (Fsp3) is 0.333. The zero-order valence-corrected chi connectivity index (χ0v) is 79.1. The highest BCUT2D eigenvalue weighted by Gasteiger charge is 2.40. The predicted octanol–water partition coefficient (Wildman–Crippen LogP) is 11.4. The molecule has 35 heteroatoms. The van der Waals surface area contributed by atoms with Crippen LogP contribution in [0, 0.1) is 46.9 Å². The lowest BCUT2D eigenvalue weighted by atomic mass is 9.90. The molecule has 15 aromatic rings. The smallest absolute Gasteiger partial charge is 0.258 e. The number of aliphatic hydroxyl groups excluding tert-OH is 1. The van der Waals surface area contributed by atoms with Crippen LogP contribution in [0.2, 0.25) is 0 Å². The van der Waals surface area contributed by atoms with Crippen LogP contribution < -0.4 is 91.8 Å². The average molecular weight is 1910 g/mol. The summed E-state index contributed by atoms with van der Waals surface area (Å²) < 4.78 is 93.8. The van der Waals surface area contributed by atoms with Crippen LogP contribution in [0.25, 0.3) is 84.5 Å². The fourth-order valence-electron chi connectivity index (χ4n) is 19.7. The number of ether oxygens (including phenoxy) is 6. The van der Waals surface area contributed by atoms with E-state index in [1.54, 1.807) is 84.8 Å². The summed E-state index contributed by atoms with van der Waals surface area (Å²) in [6.07, 6.45) is 11.4. The van der Waals surface area contributed by atoms with Crippen LogP contribution in [0.3, 0.4) is 0 Å². The van der Waals surface area contributed by atoms with Crippen molar-refractivity contribution in [1.82, 2.24) is 72.7 Å². The van der Waals surface area contributed by atoms with Crippen molar-refractivity contribution in [3.63, 3.8) is 0 Å². The number of likely N-dealkylation sites (tertiary alicyclic amines) is 2. The number of fused-ring (bicyclic) bond motifs is 7. The van der Waals surface area contributed by atoms with Crippen molar-refractivity contribution < 1.29 is 51.1 Å². The standard InChI is InChI=1S/C23H27N3O4.C22H23FN4O2.C21H21FN4O2.C20H21FN4O2.C19H19FN4O2/c1-29-20-5-3-17(13-21(20)30-2)19-14-23(28)26-15-18(4-6-22(26)24-19)16-7-9-25(10-8-16)11-12-27;1-25-9-15-11-26(12-16(15)10-25)17-4-6-21-24-19(8-22(28)27(21)13-17)14-3-5-20(29-2)18(23)7-14;1-28-19-4-2-13(6-17(19)22)18-7-21(27)26-12-16(3-5-20(26)24-18)25-10-14-8-23-9-15(14)11-25;1-13-11-24(8-7-22-13)15-4-6-19-23-17(10-20(26)25(19)12-15)14-3-5-16(21)18(9-14)27-2;1-26-17-10-13(2-4-15(17)20)16-11-19(25)24-12-14(3-5-18(24)22-16)23-8-6-21-7-9-23/h3-6,13-16,27H,7-12H2,1-2H3;3-8,13,15-16H,9-12H2,1-2H3;2-7,12,14-15,23H,8-11H2,1H3;3-6,9-10,12-13,22H,7-8,11H2,1-2H3;2-5,10-12,21H,6-9H2,1H3/t;15-,16+;14-,15+;13-;/m...0./s1. The van der Waals surface area contributed by atoms with Crippen LogP contribution in [0.5, 0.6) is 34.5 Å². The van der Waals surface area contributed by atoms with Gasteiger partial charge in [0.1, 0.15) is 28.2 Å². The molecule has 140 heavy (non-hydrogen) atoms. The molecular formula is C105H111F4N19O12. The molecular weight excluding hydrogens is 1800 g/mol. The molecule has 0 amide bonds. The first kappa shape index (κ1) is 95.7. The molecule has 7 aliphatic heterocycles. The Kier molecular flexibility index (Phi) is 29.0. The van der Waals surface area contributed by atoms with Crippen molar-refractivity contribution in [2.24, 2.45) is 23.7 Å². The third-order valence-corrected chi connectivity index (χ3v) is 27.2. The van der Waals surface area contributed by atoms with E-state index >= 15 is 0 Å². The Morgan fingerprint density at radius 2 is 0.693 bits per heavy atom. The third-order valence-electron chi connectivity index (χ3n) is 27.2. The van der Waals surface area contributed by atoms with Gasteiger partial charge in [0, 0.05) is 200 Å². The number of aromatic nitrogens is 10. The molecule has 5 atom stereocenters. The minimum atomic E-state index is -0.480. The highest BCUT2D eigenvalue weighted by molar-refractivity contribution is 5.70. The molecule has 0 saturated carbocycles. The summed E-state index contributed by atoms with van der Waals surface area (Å²) in [7, 11) is 11.0. The fourth-order valence-corrected chi connectivity index (χ4v) is 19.7. The van der Waals surface area contributed by atoms with Crippen molar-refractivity contribution in [2.75, 3.05) is 194 Å². The molecule has 0 radical (unpaired) electrons. The highest BCUT2D eigenvalue weighted by Crippen LogP contribution is 2.38. The monoisotopic (exact) mass is 1910 g/mol. The van der Waals surface area contributed by atoms with E-state index in [2.05, 4.69) is 85.3 Å². The molecule has 0 spiro atoms. The van der Waals surface area contributed by atoms with Gasteiger partial charge in [-0.25, -0.2) is 42.5 Å². The number of piperazine rings is 2. The Hall–Kier alpha value is -14.6. The van der Waals surface area contributed by atoms with E-state index < -0.39 is 23.3 Å². The number of benzene rings is 5. The van der Waals surface area contributed by atoms with Gasteiger partial charge in [-0.15, -0.1) is 0 Å². The van der Waals surface area contributed by atoms with Crippen LogP contribution >= 0.6 is 0 Å². The Labute approximate surface area is 804 Å². The molecule has 17 heterocycles. The minimum Gasteiger partial charge on any atom is -0.494 e. The van der Waals surface area contributed by atoms with Gasteiger partial charge >= 0.3 is 0 Å². The second-order valence-electron chi connectivity index (χ2n) is 36.1. The first-order chi connectivity index (χ1) is 68.0. The van der Waals surface area contributed by atoms with Gasteiger partial charge in [-0.2, -0.15) is 0 Å². The number of halogens is 4. The quantitative estimate of drug-likeness (QED) is 0.0580. The van der Waals surface area contributed by atoms with Crippen LogP contribution in [-0.4, -0.2) is 242 Å². The van der Waals surface area contributed by atoms with E-state index in [0.29, 0.717) is 126 Å². The molecule has 7 aliphatic rings. The van der Waals surface area contributed by atoms with E-state index in [9.17, 15) is 41.5 Å². The van der Waals surface area contributed by atoms with Gasteiger partial charge in [-0.3, -0.25) is 46.0 Å². The summed E-state index contributed by atoms with van der Waals surface area (Å²) in [5.74, 6) is 3.11. The lowest BCUT2D eigenvalue weighted by Crippen LogP contribution is -2.49. The lowest BCUT2D eigenvalue weighted by Gasteiger charge is -2.33. The predicted molar refractivity (Wildman–Crippen MR) is 533 cm³/mol. The molecule has 5 aromatic carbocycles. The summed E-state index contributed by atoms with van der Waals surface area (Å²) in [5, 5.41) is 19.3. The van der Waals surface area contributed by atoms with E-state index in [4.69, 9.17) is 38.5 Å². The van der Waals surface area contributed by atoms with Crippen LogP contribution in [0.4, 0.5) is 40.3 Å². The molecule has 4 N–H and O–H groups in total. The van der Waals surface area contributed by atoms with Gasteiger partial charge in [-0.05, 0) is 221 Å². The van der Waals surface area contributed by atoms with Crippen molar-refractivity contribution in [3.8, 4) is 90.8 Å². The SMILES string of the molecule is COc1cc(-c2cc(=O)n3cc(N4CCNCC4)ccc3n2)ccc1F.COc1cc(-c2cc(=O)n3cc(N4CCN[C@@H](C)C4)ccc3n2)ccc1F.COc1ccc(-c2cc(=O)n3cc(C4CCN(CCO)CC4)ccc3n2)cc1OC.COc1ccc(-c2cc(=O)n3cc(N4C[C@H]5CN(C)C[C@H]5C4)ccc3n2)cc1F.COc1ccc(-c2cc(=O)n3cc(N4C[C@H]5CNC[C@H]5C4)ccc3n2)cc1F. The Morgan fingerprint density at radius 3 is 1.09 bits per heavy atom. The Morgan fingerprint density at radius 1 is 0.343 bits per heavy atom. The third kappa shape index (κ3) is 21.0. The molecule has 31 nitrogen and oxygen atoms in total. The number of nitrogens with zero attached hydrogens (tertiary/aromatic N) is 16. The first-order valence-corrected chi connectivity index (χ1v) is 46.9. The normalized spacial score (nSPS) is 18.1. The molecule has 726 valence electrons. The summed E-state index contributed by atoms with van der Waals surface area (Å²) in [6, 6.07) is 50.7. The lowest BCUT2D eigenvalue weighted by molar-refractivity contribution is 0.164. The molecule has 0 bridgehead atoms. The first-order valence-electron chi connectivity index (χ1n) is 46.9. The number of hydrogen-bond donors (Lipinski definition) is 4. The summed E-state index contributed by atoms with van der Waals surface area (Å²) >= 11 is 0. The summed E-state index contributed by atoms with van der Waals surface area (Å²) in [4.78, 5) is 100. The Bertz CT molecular complexity index is 7390.